The first kappa shape index (κ1) is 10.4. The molecule has 1 aliphatic carbocycles. The van der Waals surface area contributed by atoms with E-state index in [0.717, 1.165) is 38.6 Å². The molecule has 1 aliphatic heterocycles. The van der Waals surface area contributed by atoms with Gasteiger partial charge in [0.2, 0.25) is 5.91 Å². The first-order valence-electron chi connectivity index (χ1n) is 5.73. The highest BCUT2D eigenvalue weighted by Gasteiger charge is 2.35. The SMILES string of the molecule is N#CCN(C(=O)C1CCCCN1)C1CC1. The third-order valence-electron chi connectivity index (χ3n) is 3.12. The summed E-state index contributed by atoms with van der Waals surface area (Å²) >= 11 is 0. The van der Waals surface area contributed by atoms with Gasteiger partial charge in [-0.1, -0.05) is 6.42 Å². The van der Waals surface area contributed by atoms with Crippen LogP contribution in [0.1, 0.15) is 32.1 Å². The number of nitrogens with one attached hydrogen (secondary N) is 1. The Bertz CT molecular complexity index is 274. The lowest BCUT2D eigenvalue weighted by Gasteiger charge is -2.28. The summed E-state index contributed by atoms with van der Waals surface area (Å²) in [5.74, 6) is 0.138. The van der Waals surface area contributed by atoms with Crippen molar-refractivity contribution in [3.05, 3.63) is 0 Å². The quantitative estimate of drug-likeness (QED) is 0.691. The molecule has 1 N–H and O–H groups in total. The van der Waals surface area contributed by atoms with Gasteiger partial charge in [-0.2, -0.15) is 5.26 Å². The van der Waals surface area contributed by atoms with Gasteiger partial charge < -0.3 is 10.2 Å². The number of carbonyl (C=O) groups is 1. The van der Waals surface area contributed by atoms with Gasteiger partial charge in [-0.15, -0.1) is 0 Å². The van der Waals surface area contributed by atoms with Crippen LogP contribution >= 0.6 is 0 Å². The summed E-state index contributed by atoms with van der Waals surface area (Å²) in [5.41, 5.74) is 0. The van der Waals surface area contributed by atoms with Gasteiger partial charge in [0, 0.05) is 6.04 Å². The zero-order chi connectivity index (χ0) is 10.7. The Hall–Kier alpha value is -1.08. The van der Waals surface area contributed by atoms with Crippen molar-refractivity contribution in [1.82, 2.24) is 10.2 Å². The normalized spacial score (nSPS) is 25.7. The van der Waals surface area contributed by atoms with E-state index in [4.69, 9.17) is 5.26 Å². The first-order valence-corrected chi connectivity index (χ1v) is 5.73. The number of carbonyl (C=O) groups excluding carboxylic acids is 1. The monoisotopic (exact) mass is 207 g/mol. The van der Waals surface area contributed by atoms with Crippen LogP contribution in [0.2, 0.25) is 0 Å². The zero-order valence-electron chi connectivity index (χ0n) is 8.91. The maximum absolute atomic E-state index is 12.1. The number of nitriles is 1. The molecule has 1 amide bonds. The molecular formula is C11H17N3O. The van der Waals surface area contributed by atoms with Crippen LogP contribution < -0.4 is 5.32 Å². The summed E-state index contributed by atoms with van der Waals surface area (Å²) in [5, 5.41) is 11.9. The number of nitrogens with zero attached hydrogens (tertiary/aromatic N) is 2. The lowest BCUT2D eigenvalue weighted by Crippen LogP contribution is -2.49. The average Bonchev–Trinajstić information content (AvgIpc) is 3.10. The van der Waals surface area contributed by atoms with Crippen LogP contribution in [0.5, 0.6) is 0 Å². The van der Waals surface area contributed by atoms with Gasteiger partial charge in [-0.3, -0.25) is 4.79 Å². The van der Waals surface area contributed by atoms with Crippen LogP contribution in [0.25, 0.3) is 0 Å². The van der Waals surface area contributed by atoms with E-state index in [9.17, 15) is 4.79 Å². The maximum Gasteiger partial charge on any atom is 0.240 e. The van der Waals surface area contributed by atoms with Crippen LogP contribution in [0.15, 0.2) is 0 Å². The molecule has 1 saturated heterocycles. The molecule has 82 valence electrons. The van der Waals surface area contributed by atoms with E-state index in [1.54, 1.807) is 4.90 Å². The van der Waals surface area contributed by atoms with Crippen molar-refractivity contribution in [2.45, 2.75) is 44.2 Å². The van der Waals surface area contributed by atoms with Crippen molar-refractivity contribution in [2.75, 3.05) is 13.1 Å². The first-order chi connectivity index (χ1) is 7.33. The van der Waals surface area contributed by atoms with Gasteiger partial charge in [0.25, 0.3) is 0 Å². The van der Waals surface area contributed by atoms with E-state index in [0.29, 0.717) is 6.04 Å². The molecule has 0 spiro atoms. The van der Waals surface area contributed by atoms with E-state index < -0.39 is 0 Å². The Balaban J connectivity index is 1.93. The predicted octanol–water partition coefficient (Wildman–Crippen LogP) is 0.643. The topological polar surface area (TPSA) is 56.1 Å². The average molecular weight is 207 g/mol. The van der Waals surface area contributed by atoms with Crippen molar-refractivity contribution >= 4 is 5.91 Å². The van der Waals surface area contributed by atoms with Crippen LogP contribution in [0, 0.1) is 11.3 Å². The van der Waals surface area contributed by atoms with Gasteiger partial charge in [0.05, 0.1) is 12.1 Å². The fraction of sp³-hybridized carbons (Fsp3) is 0.818. The Morgan fingerprint density at radius 1 is 1.40 bits per heavy atom. The van der Waals surface area contributed by atoms with E-state index in [2.05, 4.69) is 11.4 Å². The summed E-state index contributed by atoms with van der Waals surface area (Å²) in [4.78, 5) is 13.8. The molecule has 2 aliphatic rings. The highest BCUT2D eigenvalue weighted by molar-refractivity contribution is 5.82. The van der Waals surface area contributed by atoms with E-state index >= 15 is 0 Å². The van der Waals surface area contributed by atoms with Crippen molar-refractivity contribution < 1.29 is 4.79 Å². The molecule has 2 fully saturated rings. The Kier molecular flexibility index (Phi) is 3.22. The van der Waals surface area contributed by atoms with Crippen LogP contribution in [0.4, 0.5) is 0 Å². The highest BCUT2D eigenvalue weighted by Crippen LogP contribution is 2.27. The molecule has 2 rings (SSSR count). The smallest absolute Gasteiger partial charge is 0.240 e. The molecule has 1 saturated carbocycles. The minimum absolute atomic E-state index is 0.0345. The van der Waals surface area contributed by atoms with E-state index in [1.807, 2.05) is 0 Å². The number of hydrogen-bond donors (Lipinski definition) is 1. The van der Waals surface area contributed by atoms with E-state index in [1.165, 1.54) is 0 Å². The predicted molar refractivity (Wildman–Crippen MR) is 56.0 cm³/mol. The molecule has 4 nitrogen and oxygen atoms in total. The fourth-order valence-electron chi connectivity index (χ4n) is 2.11. The summed E-state index contributed by atoms with van der Waals surface area (Å²) < 4.78 is 0. The van der Waals surface area contributed by atoms with Crippen LogP contribution in [-0.4, -0.2) is 36.0 Å². The van der Waals surface area contributed by atoms with Crippen molar-refractivity contribution in [2.24, 2.45) is 0 Å². The Morgan fingerprint density at radius 2 is 2.20 bits per heavy atom. The fourth-order valence-corrected chi connectivity index (χ4v) is 2.11. The van der Waals surface area contributed by atoms with Crippen LogP contribution in [-0.2, 0) is 4.79 Å². The minimum Gasteiger partial charge on any atom is -0.325 e. The summed E-state index contributed by atoms with van der Waals surface area (Å²) in [6.07, 6.45) is 5.34. The number of rotatable bonds is 3. The molecule has 15 heavy (non-hydrogen) atoms. The second-order valence-electron chi connectivity index (χ2n) is 4.36. The maximum atomic E-state index is 12.1. The van der Waals surface area contributed by atoms with Crippen molar-refractivity contribution in [1.29, 1.82) is 5.26 Å². The van der Waals surface area contributed by atoms with Gasteiger partial charge in [0.15, 0.2) is 0 Å². The Labute approximate surface area is 90.2 Å². The third-order valence-corrected chi connectivity index (χ3v) is 3.12. The molecule has 4 heteroatoms. The van der Waals surface area contributed by atoms with Crippen molar-refractivity contribution in [3.63, 3.8) is 0 Å². The van der Waals surface area contributed by atoms with Crippen molar-refractivity contribution in [3.8, 4) is 6.07 Å². The standard InChI is InChI=1S/C11H17N3O/c12-6-8-14(9-4-5-9)11(15)10-3-1-2-7-13-10/h9-10,13H,1-5,7-8H2. The minimum atomic E-state index is -0.0345. The number of amides is 1. The Morgan fingerprint density at radius 3 is 2.73 bits per heavy atom. The molecule has 0 aromatic heterocycles. The van der Waals surface area contributed by atoms with Gasteiger partial charge >= 0.3 is 0 Å². The molecule has 0 bridgehead atoms. The number of piperidine rings is 1. The lowest BCUT2D eigenvalue weighted by molar-refractivity contribution is -0.134. The van der Waals surface area contributed by atoms with Gasteiger partial charge in [-0.25, -0.2) is 0 Å². The second kappa shape index (κ2) is 4.63. The largest absolute Gasteiger partial charge is 0.325 e. The van der Waals surface area contributed by atoms with Crippen LogP contribution in [0.3, 0.4) is 0 Å². The molecule has 0 aromatic carbocycles. The van der Waals surface area contributed by atoms with E-state index in [-0.39, 0.29) is 18.5 Å². The molecule has 1 atom stereocenters. The molecular weight excluding hydrogens is 190 g/mol. The zero-order valence-corrected chi connectivity index (χ0v) is 8.91. The molecule has 1 unspecified atom stereocenters. The van der Waals surface area contributed by atoms with Gasteiger partial charge in [0.1, 0.15) is 6.54 Å². The lowest BCUT2D eigenvalue weighted by atomic mass is 10.0. The second-order valence-corrected chi connectivity index (χ2v) is 4.36. The molecule has 0 aromatic rings. The summed E-state index contributed by atoms with van der Waals surface area (Å²) in [6, 6.07) is 2.40. The summed E-state index contributed by atoms with van der Waals surface area (Å²) in [7, 11) is 0. The summed E-state index contributed by atoms with van der Waals surface area (Å²) in [6.45, 7) is 1.18. The number of hydrogen-bond acceptors (Lipinski definition) is 3. The molecule has 1 heterocycles. The molecule has 0 radical (unpaired) electrons. The highest BCUT2D eigenvalue weighted by atomic mass is 16.2. The third kappa shape index (κ3) is 2.48. The van der Waals surface area contributed by atoms with Gasteiger partial charge in [-0.05, 0) is 32.2 Å².